The van der Waals surface area contributed by atoms with Crippen LogP contribution in [0.2, 0.25) is 0 Å². The summed E-state index contributed by atoms with van der Waals surface area (Å²) < 4.78 is 28.4. The van der Waals surface area contributed by atoms with Crippen LogP contribution in [0, 0.1) is 0 Å². The Balaban J connectivity index is 2.13. The molecule has 1 aliphatic heterocycles. The number of methoxy groups -OCH3 is 1. The van der Waals surface area contributed by atoms with Gasteiger partial charge in [0.05, 0.1) is 24.7 Å². The molecule has 1 aromatic rings. The van der Waals surface area contributed by atoms with Crippen molar-refractivity contribution in [3.63, 3.8) is 0 Å². The molecule has 2 N–H and O–H groups in total. The predicted molar refractivity (Wildman–Crippen MR) is 71.9 cm³/mol. The van der Waals surface area contributed by atoms with E-state index in [9.17, 15) is 8.42 Å². The summed E-state index contributed by atoms with van der Waals surface area (Å²) in [7, 11) is 0.441. The van der Waals surface area contributed by atoms with E-state index in [1.807, 2.05) is 24.3 Å². The van der Waals surface area contributed by atoms with Crippen LogP contribution in [-0.4, -0.2) is 46.2 Å². The van der Waals surface area contributed by atoms with Gasteiger partial charge in [-0.2, -0.15) is 0 Å². The SMILES string of the molecule is CNC1CS(=O)(=O)CC1Nc1cccc(OC)c1. The second-order valence-electron chi connectivity index (χ2n) is 4.45. The summed E-state index contributed by atoms with van der Waals surface area (Å²) in [6.07, 6.45) is 0. The summed E-state index contributed by atoms with van der Waals surface area (Å²) in [5.74, 6) is 1.10. The van der Waals surface area contributed by atoms with E-state index in [0.29, 0.717) is 0 Å². The summed E-state index contributed by atoms with van der Waals surface area (Å²) in [6, 6.07) is 7.33. The molecule has 0 spiro atoms. The predicted octanol–water partition coefficient (Wildman–Crippen LogP) is 0.492. The van der Waals surface area contributed by atoms with Gasteiger partial charge in [-0.15, -0.1) is 0 Å². The van der Waals surface area contributed by atoms with Crippen molar-refractivity contribution in [1.82, 2.24) is 5.32 Å². The zero-order chi connectivity index (χ0) is 13.2. The molecule has 2 atom stereocenters. The molecule has 1 heterocycles. The maximum atomic E-state index is 11.6. The first-order chi connectivity index (χ1) is 8.54. The number of ether oxygens (including phenoxy) is 1. The molecule has 18 heavy (non-hydrogen) atoms. The first-order valence-electron chi connectivity index (χ1n) is 5.82. The Bertz CT molecular complexity index is 516. The van der Waals surface area contributed by atoms with Crippen molar-refractivity contribution in [2.75, 3.05) is 31.0 Å². The topological polar surface area (TPSA) is 67.4 Å². The lowest BCUT2D eigenvalue weighted by Crippen LogP contribution is -2.41. The molecule has 100 valence electrons. The van der Waals surface area contributed by atoms with Crippen molar-refractivity contribution in [3.8, 4) is 5.75 Å². The van der Waals surface area contributed by atoms with Crippen LogP contribution in [-0.2, 0) is 9.84 Å². The zero-order valence-corrected chi connectivity index (χ0v) is 11.3. The van der Waals surface area contributed by atoms with Crippen LogP contribution in [0.5, 0.6) is 5.75 Å². The highest BCUT2D eigenvalue weighted by molar-refractivity contribution is 7.91. The van der Waals surface area contributed by atoms with Gasteiger partial charge >= 0.3 is 0 Å². The number of likely N-dealkylation sites (N-methyl/N-ethyl adjacent to an activating group) is 1. The van der Waals surface area contributed by atoms with Crippen LogP contribution in [0.3, 0.4) is 0 Å². The molecule has 2 rings (SSSR count). The van der Waals surface area contributed by atoms with E-state index in [1.165, 1.54) is 0 Å². The minimum absolute atomic E-state index is 0.0544. The molecular formula is C12H18N2O3S. The highest BCUT2D eigenvalue weighted by Gasteiger charge is 2.36. The van der Waals surface area contributed by atoms with Crippen LogP contribution >= 0.6 is 0 Å². The summed E-state index contributed by atoms with van der Waals surface area (Å²) in [6.45, 7) is 0. The Morgan fingerprint density at radius 2 is 2.00 bits per heavy atom. The van der Waals surface area contributed by atoms with Gasteiger partial charge in [0.25, 0.3) is 0 Å². The van der Waals surface area contributed by atoms with Gasteiger partial charge in [0.2, 0.25) is 0 Å². The lowest BCUT2D eigenvalue weighted by molar-refractivity contribution is 0.415. The fourth-order valence-electron chi connectivity index (χ4n) is 2.20. The number of anilines is 1. The lowest BCUT2D eigenvalue weighted by atomic mass is 10.1. The number of sulfone groups is 1. The van der Waals surface area contributed by atoms with Gasteiger partial charge < -0.3 is 15.4 Å². The van der Waals surface area contributed by atoms with Gasteiger partial charge in [-0.3, -0.25) is 0 Å². The van der Waals surface area contributed by atoms with E-state index < -0.39 is 9.84 Å². The normalized spacial score (nSPS) is 25.9. The summed E-state index contributed by atoms with van der Waals surface area (Å²) in [5.41, 5.74) is 0.872. The molecule has 1 saturated heterocycles. The monoisotopic (exact) mass is 270 g/mol. The fourth-order valence-corrected chi connectivity index (χ4v) is 4.15. The summed E-state index contributed by atoms with van der Waals surface area (Å²) in [5, 5.41) is 6.30. The van der Waals surface area contributed by atoms with E-state index in [4.69, 9.17) is 4.74 Å². The van der Waals surface area contributed by atoms with Gasteiger partial charge in [-0.1, -0.05) is 6.07 Å². The lowest BCUT2D eigenvalue weighted by Gasteiger charge is -2.20. The smallest absolute Gasteiger partial charge is 0.153 e. The second-order valence-corrected chi connectivity index (χ2v) is 6.61. The molecule has 0 aliphatic carbocycles. The Labute approximate surface area is 107 Å². The second kappa shape index (κ2) is 5.16. The molecular weight excluding hydrogens is 252 g/mol. The number of benzene rings is 1. The van der Waals surface area contributed by atoms with Crippen LogP contribution in [0.15, 0.2) is 24.3 Å². The molecule has 5 nitrogen and oxygen atoms in total. The molecule has 0 bridgehead atoms. The Kier molecular flexibility index (Phi) is 3.77. The Hall–Kier alpha value is -1.27. The van der Waals surface area contributed by atoms with E-state index >= 15 is 0 Å². The van der Waals surface area contributed by atoms with Crippen LogP contribution in [0.1, 0.15) is 0 Å². The molecule has 1 aromatic carbocycles. The summed E-state index contributed by atoms with van der Waals surface area (Å²) in [4.78, 5) is 0. The van der Waals surface area contributed by atoms with E-state index in [1.54, 1.807) is 14.2 Å². The van der Waals surface area contributed by atoms with Crippen LogP contribution in [0.4, 0.5) is 5.69 Å². The number of hydrogen-bond donors (Lipinski definition) is 2. The first-order valence-corrected chi connectivity index (χ1v) is 7.64. The third-order valence-corrected chi connectivity index (χ3v) is 4.88. The number of nitrogens with one attached hydrogen (secondary N) is 2. The quantitative estimate of drug-likeness (QED) is 0.833. The van der Waals surface area contributed by atoms with Crippen molar-refractivity contribution in [2.24, 2.45) is 0 Å². The molecule has 0 aromatic heterocycles. The van der Waals surface area contributed by atoms with Crippen molar-refractivity contribution in [2.45, 2.75) is 12.1 Å². The van der Waals surface area contributed by atoms with Gasteiger partial charge in [0.15, 0.2) is 9.84 Å². The van der Waals surface area contributed by atoms with Crippen LogP contribution in [0.25, 0.3) is 0 Å². The fraction of sp³-hybridized carbons (Fsp3) is 0.500. The van der Waals surface area contributed by atoms with Crippen molar-refractivity contribution in [3.05, 3.63) is 24.3 Å². The highest BCUT2D eigenvalue weighted by atomic mass is 32.2. The third kappa shape index (κ3) is 2.94. The Morgan fingerprint density at radius 3 is 2.67 bits per heavy atom. The molecule has 1 fully saturated rings. The van der Waals surface area contributed by atoms with Gasteiger partial charge in [-0.05, 0) is 19.2 Å². The average Bonchev–Trinajstić information content (AvgIpc) is 2.64. The Morgan fingerprint density at radius 1 is 1.28 bits per heavy atom. The molecule has 1 aliphatic rings. The molecule has 6 heteroatoms. The van der Waals surface area contributed by atoms with Crippen molar-refractivity contribution in [1.29, 1.82) is 0 Å². The van der Waals surface area contributed by atoms with Crippen molar-refractivity contribution < 1.29 is 13.2 Å². The molecule has 2 unspecified atom stereocenters. The molecule has 0 radical (unpaired) electrons. The third-order valence-electron chi connectivity index (χ3n) is 3.15. The number of rotatable bonds is 4. The van der Waals surface area contributed by atoms with E-state index in [-0.39, 0.29) is 23.6 Å². The minimum atomic E-state index is -2.95. The highest BCUT2D eigenvalue weighted by Crippen LogP contribution is 2.21. The molecule has 0 amide bonds. The van der Waals surface area contributed by atoms with Gasteiger partial charge in [0, 0.05) is 17.8 Å². The van der Waals surface area contributed by atoms with Crippen molar-refractivity contribution >= 4 is 15.5 Å². The number of hydrogen-bond acceptors (Lipinski definition) is 5. The van der Waals surface area contributed by atoms with Gasteiger partial charge in [-0.25, -0.2) is 8.42 Å². The largest absolute Gasteiger partial charge is 0.497 e. The maximum Gasteiger partial charge on any atom is 0.153 e. The summed E-state index contributed by atoms with van der Waals surface area (Å²) >= 11 is 0. The average molecular weight is 270 g/mol. The molecule has 0 saturated carbocycles. The first kappa shape index (κ1) is 13.2. The van der Waals surface area contributed by atoms with Crippen LogP contribution < -0.4 is 15.4 Å². The van der Waals surface area contributed by atoms with E-state index in [0.717, 1.165) is 11.4 Å². The zero-order valence-electron chi connectivity index (χ0n) is 10.5. The van der Waals surface area contributed by atoms with Gasteiger partial charge in [0.1, 0.15) is 5.75 Å². The standard InChI is InChI=1S/C12H18N2O3S/c1-13-11-7-18(15,16)8-12(11)14-9-4-3-5-10(6-9)17-2/h3-6,11-14H,7-8H2,1-2H3. The minimum Gasteiger partial charge on any atom is -0.497 e. The van der Waals surface area contributed by atoms with E-state index in [2.05, 4.69) is 10.6 Å². The maximum absolute atomic E-state index is 11.6.